The van der Waals surface area contributed by atoms with Crippen LogP contribution in [0.2, 0.25) is 10.3 Å². The Hall–Kier alpha value is -2.78. The molecule has 0 spiro atoms. The Kier molecular flexibility index (Phi) is 8.14. The third kappa shape index (κ3) is 5.34. The molecule has 1 aromatic carbocycles. The van der Waals surface area contributed by atoms with Gasteiger partial charge in [0.05, 0.1) is 13.7 Å². The van der Waals surface area contributed by atoms with Gasteiger partial charge in [-0.1, -0.05) is 23.2 Å². The SMILES string of the molecule is CCOC(=O)C(=O)OC(c1c(-c2ccc(F)cc2F)cc(Cl)nc1Cl)C(C)(C)C(=O)OC. The summed E-state index contributed by atoms with van der Waals surface area (Å²) in [5.41, 5.74) is -1.98. The molecular formula is C21H19Cl2F2NO6. The van der Waals surface area contributed by atoms with Crippen molar-refractivity contribution in [3.05, 3.63) is 51.8 Å². The van der Waals surface area contributed by atoms with Crippen molar-refractivity contribution in [2.45, 2.75) is 26.9 Å². The second-order valence-corrected chi connectivity index (χ2v) is 7.79. The van der Waals surface area contributed by atoms with Crippen molar-refractivity contribution in [1.29, 1.82) is 0 Å². The van der Waals surface area contributed by atoms with E-state index in [1.807, 2.05) is 0 Å². The van der Waals surface area contributed by atoms with Crippen LogP contribution < -0.4 is 0 Å². The summed E-state index contributed by atoms with van der Waals surface area (Å²) >= 11 is 12.3. The number of halogens is 4. The van der Waals surface area contributed by atoms with E-state index in [2.05, 4.69) is 9.72 Å². The van der Waals surface area contributed by atoms with Crippen LogP contribution in [0.5, 0.6) is 0 Å². The molecule has 11 heteroatoms. The molecule has 0 saturated carbocycles. The highest BCUT2D eigenvalue weighted by atomic mass is 35.5. The first-order valence-electron chi connectivity index (χ1n) is 9.21. The number of aromatic nitrogens is 1. The maximum absolute atomic E-state index is 14.6. The van der Waals surface area contributed by atoms with Crippen molar-refractivity contribution in [1.82, 2.24) is 4.98 Å². The average Bonchev–Trinajstić information content (AvgIpc) is 2.71. The summed E-state index contributed by atoms with van der Waals surface area (Å²) in [5.74, 6) is -5.39. The maximum atomic E-state index is 14.6. The molecule has 0 saturated heterocycles. The fourth-order valence-electron chi connectivity index (χ4n) is 2.96. The molecule has 0 N–H and O–H groups in total. The Bertz CT molecular complexity index is 1060. The van der Waals surface area contributed by atoms with Gasteiger partial charge in [0, 0.05) is 17.2 Å². The van der Waals surface area contributed by atoms with E-state index >= 15 is 0 Å². The van der Waals surface area contributed by atoms with Gasteiger partial charge in [-0.3, -0.25) is 4.79 Å². The van der Waals surface area contributed by atoms with Gasteiger partial charge in [0.15, 0.2) is 0 Å². The molecule has 1 aromatic heterocycles. The van der Waals surface area contributed by atoms with E-state index in [1.165, 1.54) is 26.8 Å². The zero-order chi connectivity index (χ0) is 24.2. The molecule has 0 aliphatic carbocycles. The van der Waals surface area contributed by atoms with Gasteiger partial charge in [0.25, 0.3) is 0 Å². The lowest BCUT2D eigenvalue weighted by Crippen LogP contribution is -2.37. The van der Waals surface area contributed by atoms with Gasteiger partial charge in [-0.15, -0.1) is 0 Å². The normalized spacial score (nSPS) is 12.1. The molecule has 0 bridgehead atoms. The lowest BCUT2D eigenvalue weighted by atomic mass is 9.80. The van der Waals surface area contributed by atoms with E-state index in [0.717, 1.165) is 19.2 Å². The van der Waals surface area contributed by atoms with Crippen molar-refractivity contribution in [3.63, 3.8) is 0 Å². The van der Waals surface area contributed by atoms with Crippen LogP contribution in [0.15, 0.2) is 24.3 Å². The number of esters is 3. The van der Waals surface area contributed by atoms with Gasteiger partial charge in [-0.25, -0.2) is 23.4 Å². The van der Waals surface area contributed by atoms with Gasteiger partial charge in [-0.2, -0.15) is 0 Å². The number of methoxy groups -OCH3 is 1. The molecule has 1 heterocycles. The second kappa shape index (κ2) is 10.2. The van der Waals surface area contributed by atoms with Crippen LogP contribution in [0.3, 0.4) is 0 Å². The van der Waals surface area contributed by atoms with Crippen molar-refractivity contribution >= 4 is 41.1 Å². The molecule has 1 atom stereocenters. The van der Waals surface area contributed by atoms with Crippen LogP contribution in [0, 0.1) is 17.0 Å². The highest BCUT2D eigenvalue weighted by Crippen LogP contribution is 2.45. The Morgan fingerprint density at radius 3 is 2.31 bits per heavy atom. The average molecular weight is 490 g/mol. The summed E-state index contributed by atoms with van der Waals surface area (Å²) in [4.78, 5) is 40.6. The number of ether oxygens (including phenoxy) is 3. The van der Waals surface area contributed by atoms with Gasteiger partial charge in [0.2, 0.25) is 0 Å². The third-order valence-corrected chi connectivity index (χ3v) is 4.98. The third-order valence-electron chi connectivity index (χ3n) is 4.50. The molecular weight excluding hydrogens is 471 g/mol. The number of carbonyl (C=O) groups is 3. The van der Waals surface area contributed by atoms with E-state index in [9.17, 15) is 23.2 Å². The van der Waals surface area contributed by atoms with E-state index in [0.29, 0.717) is 6.07 Å². The molecule has 0 aliphatic heterocycles. The Balaban J connectivity index is 2.79. The monoisotopic (exact) mass is 489 g/mol. The number of hydrogen-bond acceptors (Lipinski definition) is 7. The van der Waals surface area contributed by atoms with Gasteiger partial charge in [0.1, 0.15) is 33.5 Å². The van der Waals surface area contributed by atoms with Crippen LogP contribution in [0.1, 0.15) is 32.4 Å². The number of nitrogens with zero attached hydrogens (tertiary/aromatic N) is 1. The predicted molar refractivity (Wildman–Crippen MR) is 111 cm³/mol. The van der Waals surface area contributed by atoms with Crippen LogP contribution in [0.4, 0.5) is 8.78 Å². The summed E-state index contributed by atoms with van der Waals surface area (Å²) < 4.78 is 42.8. The summed E-state index contributed by atoms with van der Waals surface area (Å²) in [6.07, 6.45) is -1.59. The minimum Gasteiger partial charge on any atom is -0.468 e. The minimum atomic E-state index is -1.64. The van der Waals surface area contributed by atoms with Gasteiger partial charge in [-0.05, 0) is 44.5 Å². The van der Waals surface area contributed by atoms with Gasteiger partial charge < -0.3 is 14.2 Å². The number of rotatable bonds is 6. The Labute approximate surface area is 192 Å². The quantitative estimate of drug-likeness (QED) is 0.251. The summed E-state index contributed by atoms with van der Waals surface area (Å²) in [6, 6.07) is 3.95. The number of benzene rings is 1. The first-order valence-corrected chi connectivity index (χ1v) is 9.97. The van der Waals surface area contributed by atoms with E-state index in [-0.39, 0.29) is 33.6 Å². The molecule has 0 fully saturated rings. The predicted octanol–water partition coefficient (Wildman–Crippen LogP) is 4.68. The van der Waals surface area contributed by atoms with Gasteiger partial charge >= 0.3 is 17.9 Å². The smallest absolute Gasteiger partial charge is 0.418 e. The molecule has 0 radical (unpaired) electrons. The van der Waals surface area contributed by atoms with E-state index in [1.54, 1.807) is 0 Å². The van der Waals surface area contributed by atoms with E-state index < -0.39 is 41.1 Å². The minimum absolute atomic E-state index is 0.0360. The molecule has 2 aromatic rings. The molecule has 172 valence electrons. The van der Waals surface area contributed by atoms with Crippen LogP contribution in [0.25, 0.3) is 11.1 Å². The first kappa shape index (κ1) is 25.5. The zero-order valence-corrected chi connectivity index (χ0v) is 19.0. The molecule has 0 aliphatic rings. The van der Waals surface area contributed by atoms with Crippen LogP contribution in [-0.2, 0) is 28.6 Å². The Morgan fingerprint density at radius 2 is 1.75 bits per heavy atom. The molecule has 2 rings (SSSR count). The lowest BCUT2D eigenvalue weighted by molar-refractivity contribution is -0.179. The lowest BCUT2D eigenvalue weighted by Gasteiger charge is -2.32. The number of hydrogen-bond donors (Lipinski definition) is 0. The zero-order valence-electron chi connectivity index (χ0n) is 17.5. The fraction of sp³-hybridized carbons (Fsp3) is 0.333. The van der Waals surface area contributed by atoms with Crippen molar-refractivity contribution < 1.29 is 37.4 Å². The largest absolute Gasteiger partial charge is 0.468 e. The van der Waals surface area contributed by atoms with E-state index in [4.69, 9.17) is 32.7 Å². The molecule has 7 nitrogen and oxygen atoms in total. The molecule has 32 heavy (non-hydrogen) atoms. The fourth-order valence-corrected chi connectivity index (χ4v) is 3.49. The Morgan fingerprint density at radius 1 is 1.09 bits per heavy atom. The highest BCUT2D eigenvalue weighted by Gasteiger charge is 2.45. The van der Waals surface area contributed by atoms with Crippen molar-refractivity contribution in [2.75, 3.05) is 13.7 Å². The summed E-state index contributed by atoms with van der Waals surface area (Å²) in [7, 11) is 1.11. The number of carbonyl (C=O) groups excluding carboxylic acids is 3. The van der Waals surface area contributed by atoms with Crippen LogP contribution in [-0.4, -0.2) is 36.6 Å². The number of pyridine rings is 1. The van der Waals surface area contributed by atoms with Crippen molar-refractivity contribution in [3.8, 4) is 11.1 Å². The molecule has 0 amide bonds. The van der Waals surface area contributed by atoms with Crippen molar-refractivity contribution in [2.24, 2.45) is 5.41 Å². The maximum Gasteiger partial charge on any atom is 0.418 e. The topological polar surface area (TPSA) is 91.8 Å². The van der Waals surface area contributed by atoms with Crippen LogP contribution >= 0.6 is 23.2 Å². The molecule has 1 unspecified atom stereocenters. The highest BCUT2D eigenvalue weighted by molar-refractivity contribution is 6.33. The second-order valence-electron chi connectivity index (χ2n) is 7.04. The summed E-state index contributed by atoms with van der Waals surface area (Å²) in [6.45, 7) is 4.10. The standard InChI is InChI=1S/C21H19Cl2F2NO6/c1-5-31-18(27)19(28)32-16(21(2,3)20(29)30-4)15-12(9-14(22)26-17(15)23)11-7-6-10(24)8-13(11)25/h6-9,16H,5H2,1-4H3. The summed E-state index contributed by atoms with van der Waals surface area (Å²) in [5, 5.41) is -0.487. The first-order chi connectivity index (χ1) is 14.9.